The highest BCUT2D eigenvalue weighted by atomic mass is 79.9. The minimum Gasteiger partial charge on any atom is -0.354 e. The molecule has 0 radical (unpaired) electrons. The molecule has 208 valence electrons. The molecule has 3 rings (SSSR count). The minimum atomic E-state index is -4.19. The Morgan fingerprint density at radius 1 is 1.00 bits per heavy atom. The highest BCUT2D eigenvalue weighted by molar-refractivity contribution is 9.10. The lowest BCUT2D eigenvalue weighted by Gasteiger charge is -2.32. The van der Waals surface area contributed by atoms with E-state index in [-0.39, 0.29) is 33.1 Å². The zero-order chi connectivity index (χ0) is 28.7. The molecule has 0 fully saturated rings. The molecule has 0 aliphatic rings. The van der Waals surface area contributed by atoms with Gasteiger partial charge in [0.25, 0.3) is 10.0 Å². The lowest BCUT2D eigenvalue weighted by atomic mass is 10.1. The van der Waals surface area contributed by atoms with Gasteiger partial charge in [0.1, 0.15) is 12.6 Å². The monoisotopic (exact) mass is 653 g/mol. The molecule has 7 nitrogen and oxygen atoms in total. The van der Waals surface area contributed by atoms with Crippen LogP contribution in [0.2, 0.25) is 10.0 Å². The molecule has 3 aromatic carbocycles. The third-order valence-electron chi connectivity index (χ3n) is 6.04. The number of hydrogen-bond donors (Lipinski definition) is 1. The third-order valence-corrected chi connectivity index (χ3v) is 9.06. The van der Waals surface area contributed by atoms with Crippen LogP contribution in [0, 0.1) is 6.92 Å². The van der Waals surface area contributed by atoms with Crippen LogP contribution >= 0.6 is 39.1 Å². The van der Waals surface area contributed by atoms with Crippen molar-refractivity contribution in [1.29, 1.82) is 0 Å². The molecule has 2 amide bonds. The summed E-state index contributed by atoms with van der Waals surface area (Å²) >= 11 is 15.8. The Kier molecular flexibility index (Phi) is 10.8. The van der Waals surface area contributed by atoms with Gasteiger partial charge in [0.15, 0.2) is 0 Å². The van der Waals surface area contributed by atoms with Crippen LogP contribution in [0.4, 0.5) is 5.69 Å². The second-order valence-corrected chi connectivity index (χ2v) is 12.6. The third kappa shape index (κ3) is 7.97. The molecule has 0 bridgehead atoms. The Balaban J connectivity index is 2.04. The lowest BCUT2D eigenvalue weighted by molar-refractivity contribution is -0.139. The first-order chi connectivity index (χ1) is 18.4. The average molecular weight is 655 g/mol. The predicted octanol–water partition coefficient (Wildman–Crippen LogP) is 6.20. The van der Waals surface area contributed by atoms with E-state index in [9.17, 15) is 18.0 Å². The van der Waals surface area contributed by atoms with E-state index in [1.165, 1.54) is 35.2 Å². The van der Waals surface area contributed by atoms with Crippen LogP contribution in [0.1, 0.15) is 31.4 Å². The molecule has 1 unspecified atom stereocenters. The zero-order valence-electron chi connectivity index (χ0n) is 21.8. The topological polar surface area (TPSA) is 86.8 Å². The summed E-state index contributed by atoms with van der Waals surface area (Å²) in [4.78, 5) is 28.2. The summed E-state index contributed by atoms with van der Waals surface area (Å²) in [7, 11) is -4.19. The Morgan fingerprint density at radius 3 is 2.31 bits per heavy atom. The molecular weight excluding hydrogens is 625 g/mol. The number of halogens is 3. The van der Waals surface area contributed by atoms with Crippen LogP contribution in [0.25, 0.3) is 0 Å². The zero-order valence-corrected chi connectivity index (χ0v) is 25.7. The number of sulfonamides is 1. The van der Waals surface area contributed by atoms with E-state index in [1.54, 1.807) is 19.1 Å². The minimum absolute atomic E-state index is 0.0132. The first kappa shape index (κ1) is 30.9. The summed E-state index contributed by atoms with van der Waals surface area (Å²) in [5, 5.41) is 3.21. The quantitative estimate of drug-likeness (QED) is 0.267. The number of amides is 2. The first-order valence-electron chi connectivity index (χ1n) is 12.3. The van der Waals surface area contributed by atoms with Gasteiger partial charge in [-0.25, -0.2) is 8.42 Å². The van der Waals surface area contributed by atoms with Gasteiger partial charge >= 0.3 is 0 Å². The van der Waals surface area contributed by atoms with Crippen LogP contribution in [-0.2, 0) is 26.2 Å². The van der Waals surface area contributed by atoms with Crippen LogP contribution in [0.15, 0.2) is 76.1 Å². The fraction of sp³-hybridized carbons (Fsp3) is 0.286. The summed E-state index contributed by atoms with van der Waals surface area (Å²) < 4.78 is 29.5. The molecule has 1 N–H and O–H groups in total. The van der Waals surface area contributed by atoms with Gasteiger partial charge in [-0.1, -0.05) is 75.9 Å². The van der Waals surface area contributed by atoms with Gasteiger partial charge < -0.3 is 10.2 Å². The number of rotatable bonds is 11. The molecule has 0 heterocycles. The lowest BCUT2D eigenvalue weighted by Crippen LogP contribution is -2.51. The van der Waals surface area contributed by atoms with E-state index in [2.05, 4.69) is 21.2 Å². The standard InChI is InChI=1S/C28H30BrCl2N3O4S/c1-4-14-32-28(36)20(3)33(17-21-6-5-7-22(29)15-21)27(35)18-34(23-10-13-25(30)26(31)16-23)39(37,38)24-11-8-19(2)9-12-24/h5-13,15-16,20H,4,14,17-18H2,1-3H3,(H,32,36). The highest BCUT2D eigenvalue weighted by Gasteiger charge is 2.32. The fourth-order valence-electron chi connectivity index (χ4n) is 3.82. The van der Waals surface area contributed by atoms with Gasteiger partial charge in [0.05, 0.1) is 20.6 Å². The summed E-state index contributed by atoms with van der Waals surface area (Å²) in [6, 6.07) is 17.2. The molecule has 11 heteroatoms. The van der Waals surface area contributed by atoms with E-state index in [0.717, 1.165) is 26.3 Å². The Bertz CT molecular complexity index is 1430. The van der Waals surface area contributed by atoms with Crippen molar-refractivity contribution in [3.05, 3.63) is 92.4 Å². The molecule has 0 saturated carbocycles. The number of carbonyl (C=O) groups is 2. The molecule has 0 aliphatic carbocycles. The molecular formula is C28H30BrCl2N3O4S. The van der Waals surface area contributed by atoms with Crippen molar-refractivity contribution in [3.8, 4) is 0 Å². The summed E-state index contributed by atoms with van der Waals surface area (Å²) in [5.41, 5.74) is 1.83. The Labute approximate surface area is 248 Å². The van der Waals surface area contributed by atoms with Crippen LogP contribution in [0.5, 0.6) is 0 Å². The van der Waals surface area contributed by atoms with Crippen molar-refractivity contribution < 1.29 is 18.0 Å². The number of carbonyl (C=O) groups excluding carboxylic acids is 2. The van der Waals surface area contributed by atoms with Crippen molar-refractivity contribution in [2.75, 3.05) is 17.4 Å². The van der Waals surface area contributed by atoms with Crippen LogP contribution in [-0.4, -0.2) is 44.3 Å². The maximum Gasteiger partial charge on any atom is 0.264 e. The molecule has 0 aromatic heterocycles. The molecule has 0 spiro atoms. The SMILES string of the molecule is CCCNC(=O)C(C)N(Cc1cccc(Br)c1)C(=O)CN(c1ccc(Cl)c(Cl)c1)S(=O)(=O)c1ccc(C)cc1. The first-order valence-corrected chi connectivity index (χ1v) is 15.3. The second kappa shape index (κ2) is 13.7. The van der Waals surface area contributed by atoms with Gasteiger partial charge in [-0.05, 0) is 68.3 Å². The second-order valence-electron chi connectivity index (χ2n) is 9.04. The van der Waals surface area contributed by atoms with E-state index in [0.29, 0.717) is 6.54 Å². The van der Waals surface area contributed by atoms with E-state index >= 15 is 0 Å². The largest absolute Gasteiger partial charge is 0.354 e. The summed E-state index contributed by atoms with van der Waals surface area (Å²) in [6.07, 6.45) is 0.734. The predicted molar refractivity (Wildman–Crippen MR) is 160 cm³/mol. The fourth-order valence-corrected chi connectivity index (χ4v) is 5.96. The summed E-state index contributed by atoms with van der Waals surface area (Å²) in [6.45, 7) is 5.40. The average Bonchev–Trinajstić information content (AvgIpc) is 2.90. The Hall–Kier alpha value is -2.59. The van der Waals surface area contributed by atoms with Crippen molar-refractivity contribution in [2.45, 2.75) is 44.7 Å². The molecule has 0 saturated heterocycles. The van der Waals surface area contributed by atoms with Crippen LogP contribution < -0.4 is 9.62 Å². The van der Waals surface area contributed by atoms with Gasteiger partial charge in [-0.15, -0.1) is 0 Å². The van der Waals surface area contributed by atoms with Crippen molar-refractivity contribution in [1.82, 2.24) is 10.2 Å². The number of nitrogens with zero attached hydrogens (tertiary/aromatic N) is 2. The van der Waals surface area contributed by atoms with Crippen molar-refractivity contribution in [2.24, 2.45) is 0 Å². The molecule has 0 aliphatic heterocycles. The van der Waals surface area contributed by atoms with Crippen molar-refractivity contribution >= 4 is 66.7 Å². The van der Waals surface area contributed by atoms with Crippen molar-refractivity contribution in [3.63, 3.8) is 0 Å². The number of hydrogen-bond acceptors (Lipinski definition) is 4. The molecule has 3 aromatic rings. The number of anilines is 1. The smallest absolute Gasteiger partial charge is 0.264 e. The van der Waals surface area contributed by atoms with Gasteiger partial charge in [-0.2, -0.15) is 0 Å². The normalized spacial score (nSPS) is 12.1. The van der Waals surface area contributed by atoms with E-state index in [4.69, 9.17) is 23.2 Å². The highest BCUT2D eigenvalue weighted by Crippen LogP contribution is 2.31. The number of nitrogens with one attached hydrogen (secondary N) is 1. The van der Waals surface area contributed by atoms with E-state index < -0.39 is 28.5 Å². The van der Waals surface area contributed by atoms with Gasteiger partial charge in [0.2, 0.25) is 11.8 Å². The Morgan fingerprint density at radius 2 is 1.69 bits per heavy atom. The number of aryl methyl sites for hydroxylation is 1. The summed E-state index contributed by atoms with van der Waals surface area (Å²) in [5.74, 6) is -0.890. The van der Waals surface area contributed by atoms with Gasteiger partial charge in [0, 0.05) is 17.6 Å². The maximum atomic E-state index is 13.9. The van der Waals surface area contributed by atoms with Crippen LogP contribution in [0.3, 0.4) is 0 Å². The van der Waals surface area contributed by atoms with Gasteiger partial charge in [-0.3, -0.25) is 13.9 Å². The number of benzene rings is 3. The molecule has 39 heavy (non-hydrogen) atoms. The maximum absolute atomic E-state index is 13.9. The molecule has 1 atom stereocenters. The van der Waals surface area contributed by atoms with E-state index in [1.807, 2.05) is 38.1 Å².